The predicted octanol–water partition coefficient (Wildman–Crippen LogP) is 2.39. The van der Waals surface area contributed by atoms with Crippen molar-refractivity contribution in [3.8, 4) is 0 Å². The van der Waals surface area contributed by atoms with Crippen LogP contribution >= 0.6 is 11.6 Å². The molecule has 0 saturated heterocycles. The second kappa shape index (κ2) is 5.33. The Morgan fingerprint density at radius 2 is 2.12 bits per heavy atom. The van der Waals surface area contributed by atoms with E-state index in [9.17, 15) is 13.2 Å². The molecule has 0 aromatic heterocycles. The summed E-state index contributed by atoms with van der Waals surface area (Å²) < 4.78 is 23.6. The summed E-state index contributed by atoms with van der Waals surface area (Å²) in [6, 6.07) is 3.64. The van der Waals surface area contributed by atoms with E-state index in [1.807, 2.05) is 0 Å². The van der Waals surface area contributed by atoms with Crippen LogP contribution in [0.1, 0.15) is 16.8 Å². The van der Waals surface area contributed by atoms with Gasteiger partial charge in [-0.3, -0.25) is 0 Å². The Hall–Kier alpha value is -1.33. The van der Waals surface area contributed by atoms with E-state index in [4.69, 9.17) is 16.7 Å². The summed E-state index contributed by atoms with van der Waals surface area (Å²) in [6.45, 7) is 3.44. The van der Waals surface area contributed by atoms with Crippen LogP contribution in [-0.2, 0) is 9.84 Å². The lowest BCUT2D eigenvalue weighted by Crippen LogP contribution is -2.08. The fourth-order valence-electron chi connectivity index (χ4n) is 1.22. The SMILES string of the molecule is C=CCCS(=O)(=O)c1ccc(Cl)c(C(=O)O)c1. The highest BCUT2D eigenvalue weighted by Gasteiger charge is 2.17. The Morgan fingerprint density at radius 1 is 1.47 bits per heavy atom. The number of hydrogen-bond acceptors (Lipinski definition) is 3. The molecule has 17 heavy (non-hydrogen) atoms. The average molecular weight is 275 g/mol. The monoisotopic (exact) mass is 274 g/mol. The van der Waals surface area contributed by atoms with Crippen molar-refractivity contribution in [1.29, 1.82) is 0 Å². The number of rotatable bonds is 5. The molecule has 0 saturated carbocycles. The number of sulfone groups is 1. The van der Waals surface area contributed by atoms with Crippen LogP contribution < -0.4 is 0 Å². The third-order valence-corrected chi connectivity index (χ3v) is 4.19. The second-order valence-corrected chi connectivity index (χ2v) is 5.86. The van der Waals surface area contributed by atoms with Gasteiger partial charge in [0.1, 0.15) is 0 Å². The highest BCUT2D eigenvalue weighted by molar-refractivity contribution is 7.91. The van der Waals surface area contributed by atoms with Crippen molar-refractivity contribution in [3.63, 3.8) is 0 Å². The molecule has 6 heteroatoms. The van der Waals surface area contributed by atoms with E-state index >= 15 is 0 Å². The molecule has 1 rings (SSSR count). The molecule has 0 spiro atoms. The topological polar surface area (TPSA) is 71.4 Å². The van der Waals surface area contributed by atoms with Crippen LogP contribution in [0.4, 0.5) is 0 Å². The van der Waals surface area contributed by atoms with E-state index in [-0.39, 0.29) is 21.2 Å². The van der Waals surface area contributed by atoms with E-state index in [1.165, 1.54) is 18.2 Å². The van der Waals surface area contributed by atoms with Crippen molar-refractivity contribution in [1.82, 2.24) is 0 Å². The minimum absolute atomic E-state index is 0.0140. The van der Waals surface area contributed by atoms with Crippen LogP contribution in [0.25, 0.3) is 0 Å². The van der Waals surface area contributed by atoms with Crippen LogP contribution in [0.15, 0.2) is 35.7 Å². The van der Waals surface area contributed by atoms with Crippen LogP contribution in [0.2, 0.25) is 5.02 Å². The first kappa shape index (κ1) is 13.7. The highest BCUT2D eigenvalue weighted by atomic mass is 35.5. The quantitative estimate of drug-likeness (QED) is 0.837. The maximum Gasteiger partial charge on any atom is 0.337 e. The molecule has 92 valence electrons. The molecule has 0 aliphatic heterocycles. The number of hydrogen-bond donors (Lipinski definition) is 1. The number of carboxylic acids is 1. The van der Waals surface area contributed by atoms with Crippen LogP contribution in [-0.4, -0.2) is 25.2 Å². The number of allylic oxidation sites excluding steroid dienone is 1. The molecule has 0 fully saturated rings. The van der Waals surface area contributed by atoms with Crippen LogP contribution in [0.3, 0.4) is 0 Å². The molecule has 1 aromatic rings. The minimum atomic E-state index is -3.49. The zero-order valence-corrected chi connectivity index (χ0v) is 10.5. The van der Waals surface area contributed by atoms with Gasteiger partial charge < -0.3 is 5.11 Å². The first-order chi connectivity index (χ1) is 7.88. The summed E-state index contributed by atoms with van der Waals surface area (Å²) in [5.41, 5.74) is -0.216. The molecule has 0 radical (unpaired) electrons. The van der Waals surface area contributed by atoms with E-state index in [0.29, 0.717) is 6.42 Å². The van der Waals surface area contributed by atoms with Gasteiger partial charge in [-0.15, -0.1) is 6.58 Å². The molecule has 0 amide bonds. The second-order valence-electron chi connectivity index (χ2n) is 3.34. The maximum absolute atomic E-state index is 11.8. The summed E-state index contributed by atoms with van der Waals surface area (Å²) in [5, 5.41) is 8.85. The molecule has 0 aliphatic carbocycles. The number of carbonyl (C=O) groups is 1. The van der Waals surface area contributed by atoms with Crippen molar-refractivity contribution < 1.29 is 18.3 Å². The van der Waals surface area contributed by atoms with Crippen molar-refractivity contribution >= 4 is 27.4 Å². The Balaban J connectivity index is 3.20. The van der Waals surface area contributed by atoms with E-state index < -0.39 is 15.8 Å². The molecule has 4 nitrogen and oxygen atoms in total. The van der Waals surface area contributed by atoms with Gasteiger partial charge in [0.05, 0.1) is 21.2 Å². The molecule has 1 N–H and O–H groups in total. The third kappa shape index (κ3) is 3.31. The molecule has 0 heterocycles. The first-order valence-corrected chi connectivity index (χ1v) is 6.78. The average Bonchev–Trinajstić information content (AvgIpc) is 2.26. The van der Waals surface area contributed by atoms with Crippen LogP contribution in [0.5, 0.6) is 0 Å². The zero-order valence-electron chi connectivity index (χ0n) is 8.89. The van der Waals surface area contributed by atoms with Gasteiger partial charge >= 0.3 is 5.97 Å². The van der Waals surface area contributed by atoms with Gasteiger partial charge in [0.2, 0.25) is 0 Å². The first-order valence-electron chi connectivity index (χ1n) is 4.75. The third-order valence-electron chi connectivity index (χ3n) is 2.12. The Bertz CT molecular complexity index is 549. The smallest absolute Gasteiger partial charge is 0.337 e. The molecule has 0 aliphatic rings. The van der Waals surface area contributed by atoms with E-state index in [2.05, 4.69) is 6.58 Å². The van der Waals surface area contributed by atoms with Crippen molar-refractivity contribution in [2.45, 2.75) is 11.3 Å². The fraction of sp³-hybridized carbons (Fsp3) is 0.182. The summed E-state index contributed by atoms with van der Waals surface area (Å²) in [5.74, 6) is -1.35. The van der Waals surface area contributed by atoms with E-state index in [0.717, 1.165) is 6.07 Å². The van der Waals surface area contributed by atoms with Gasteiger partial charge in [-0.25, -0.2) is 13.2 Å². The fourth-order valence-corrected chi connectivity index (χ4v) is 2.70. The summed E-state index contributed by atoms with van der Waals surface area (Å²) in [7, 11) is -3.49. The molecule has 0 atom stereocenters. The lowest BCUT2D eigenvalue weighted by Gasteiger charge is -2.05. The normalized spacial score (nSPS) is 11.1. The maximum atomic E-state index is 11.8. The van der Waals surface area contributed by atoms with Crippen molar-refractivity contribution in [2.75, 3.05) is 5.75 Å². The molecular formula is C11H11ClO4S. The molecule has 0 unspecified atom stereocenters. The van der Waals surface area contributed by atoms with Gasteiger partial charge in [-0.1, -0.05) is 17.7 Å². The van der Waals surface area contributed by atoms with Gasteiger partial charge in [0.15, 0.2) is 9.84 Å². The van der Waals surface area contributed by atoms with Gasteiger partial charge in [-0.05, 0) is 24.6 Å². The van der Waals surface area contributed by atoms with Crippen molar-refractivity contribution in [2.24, 2.45) is 0 Å². The summed E-state index contributed by atoms with van der Waals surface area (Å²) >= 11 is 5.65. The lowest BCUT2D eigenvalue weighted by molar-refractivity contribution is 0.0697. The lowest BCUT2D eigenvalue weighted by atomic mass is 10.2. The Labute approximate surface area is 104 Å². The molecule has 1 aromatic carbocycles. The van der Waals surface area contributed by atoms with Gasteiger partial charge in [0, 0.05) is 0 Å². The largest absolute Gasteiger partial charge is 0.478 e. The zero-order chi connectivity index (χ0) is 13.1. The van der Waals surface area contributed by atoms with E-state index in [1.54, 1.807) is 0 Å². The summed E-state index contributed by atoms with van der Waals surface area (Å²) in [4.78, 5) is 10.8. The van der Waals surface area contributed by atoms with Gasteiger partial charge in [-0.2, -0.15) is 0 Å². The predicted molar refractivity (Wildman–Crippen MR) is 65.3 cm³/mol. The Morgan fingerprint density at radius 3 is 2.65 bits per heavy atom. The van der Waals surface area contributed by atoms with Crippen LogP contribution in [0, 0.1) is 0 Å². The number of aromatic carboxylic acids is 1. The number of carboxylic acid groups (broad SMARTS) is 1. The highest BCUT2D eigenvalue weighted by Crippen LogP contribution is 2.21. The Kier molecular flexibility index (Phi) is 4.31. The number of halogens is 1. The van der Waals surface area contributed by atoms with Gasteiger partial charge in [0.25, 0.3) is 0 Å². The van der Waals surface area contributed by atoms with Crippen molar-refractivity contribution in [3.05, 3.63) is 41.4 Å². The molecule has 0 bridgehead atoms. The summed E-state index contributed by atoms with van der Waals surface area (Å²) in [6.07, 6.45) is 1.80. The standard InChI is InChI=1S/C11H11ClO4S/c1-2-3-6-17(15,16)8-4-5-10(12)9(7-8)11(13)14/h2,4-5,7H,1,3,6H2,(H,13,14). The molecular weight excluding hydrogens is 264 g/mol. The number of benzene rings is 1. The minimum Gasteiger partial charge on any atom is -0.478 e.